The van der Waals surface area contributed by atoms with Crippen molar-refractivity contribution in [3.8, 4) is 0 Å². The molecule has 1 saturated heterocycles. The molecule has 1 atom stereocenters. The van der Waals surface area contributed by atoms with Crippen molar-refractivity contribution in [1.82, 2.24) is 5.32 Å². The molecule has 0 aliphatic carbocycles. The minimum Gasteiger partial charge on any atom is -0.465 e. The Morgan fingerprint density at radius 3 is 2.26 bits per heavy atom. The first-order valence-corrected chi connectivity index (χ1v) is 7.98. The summed E-state index contributed by atoms with van der Waals surface area (Å²) in [4.78, 5) is 10.8. The van der Waals surface area contributed by atoms with Crippen LogP contribution in [0.4, 0.5) is 4.79 Å². The van der Waals surface area contributed by atoms with Crippen LogP contribution in [-0.4, -0.2) is 29.5 Å². The lowest BCUT2D eigenvalue weighted by Gasteiger charge is -2.32. The van der Waals surface area contributed by atoms with Crippen LogP contribution in [0.3, 0.4) is 0 Å². The van der Waals surface area contributed by atoms with E-state index < -0.39 is 24.4 Å². The van der Waals surface area contributed by atoms with Crippen LogP contribution in [0, 0.1) is 6.92 Å². The number of nitrogens with one attached hydrogen (secondary N) is 1. The Kier molecular flexibility index (Phi) is 4.73. The summed E-state index contributed by atoms with van der Waals surface area (Å²) in [7, 11) is -0.539. The maximum Gasteiger partial charge on any atom is 0.496 e. The molecule has 1 aliphatic rings. The Bertz CT molecular complexity index is 617. The molecule has 0 unspecified atom stereocenters. The molecule has 1 aromatic rings. The van der Waals surface area contributed by atoms with E-state index in [1.165, 1.54) is 0 Å². The summed E-state index contributed by atoms with van der Waals surface area (Å²) in [5.74, 6) is 0. The number of hydrogen-bond donors (Lipinski definition) is 2. The zero-order valence-electron chi connectivity index (χ0n) is 14.4. The fraction of sp³-hybridized carbons (Fsp3) is 0.562. The first kappa shape index (κ1) is 18.1. The van der Waals surface area contributed by atoms with E-state index in [4.69, 9.17) is 26.0 Å². The van der Waals surface area contributed by atoms with Gasteiger partial charge in [-0.2, -0.15) is 0 Å². The number of carboxylic acid groups (broad SMARTS) is 1. The predicted octanol–water partition coefficient (Wildman–Crippen LogP) is 3.28. The molecule has 1 amide bonds. The predicted molar refractivity (Wildman–Crippen MR) is 91.5 cm³/mol. The van der Waals surface area contributed by atoms with Crippen molar-refractivity contribution >= 4 is 30.3 Å². The molecule has 0 bridgehead atoms. The lowest BCUT2D eigenvalue weighted by atomic mass is 9.77. The molecule has 1 aromatic carbocycles. The Morgan fingerprint density at radius 2 is 1.78 bits per heavy atom. The first-order valence-electron chi connectivity index (χ1n) is 7.60. The Morgan fingerprint density at radius 1 is 1.26 bits per heavy atom. The maximum atomic E-state index is 10.8. The topological polar surface area (TPSA) is 67.8 Å². The van der Waals surface area contributed by atoms with Gasteiger partial charge in [0.15, 0.2) is 0 Å². The molecule has 2 rings (SSSR count). The van der Waals surface area contributed by atoms with Gasteiger partial charge in [-0.25, -0.2) is 4.79 Å². The highest BCUT2D eigenvalue weighted by molar-refractivity contribution is 6.65. The van der Waals surface area contributed by atoms with Crippen LogP contribution in [0.25, 0.3) is 0 Å². The average Bonchev–Trinajstić information content (AvgIpc) is 2.60. The van der Waals surface area contributed by atoms with Crippen LogP contribution >= 0.6 is 11.6 Å². The lowest BCUT2D eigenvalue weighted by Crippen LogP contribution is -2.41. The van der Waals surface area contributed by atoms with Crippen molar-refractivity contribution in [2.45, 2.75) is 58.8 Å². The van der Waals surface area contributed by atoms with E-state index in [0.717, 1.165) is 16.6 Å². The number of amides is 1. The highest BCUT2D eigenvalue weighted by atomic mass is 35.5. The van der Waals surface area contributed by atoms with Gasteiger partial charge in [-0.05, 0) is 52.7 Å². The Balaban J connectivity index is 2.33. The van der Waals surface area contributed by atoms with Crippen LogP contribution in [0.15, 0.2) is 12.1 Å². The molecule has 0 saturated carbocycles. The van der Waals surface area contributed by atoms with E-state index in [9.17, 15) is 4.79 Å². The third-order valence-corrected chi connectivity index (χ3v) is 5.27. The van der Waals surface area contributed by atoms with Crippen molar-refractivity contribution in [3.05, 3.63) is 28.3 Å². The molecule has 1 aliphatic heterocycles. The second-order valence-corrected chi connectivity index (χ2v) is 7.32. The van der Waals surface area contributed by atoms with Crippen molar-refractivity contribution in [1.29, 1.82) is 0 Å². The van der Waals surface area contributed by atoms with E-state index in [1.807, 2.05) is 46.8 Å². The van der Waals surface area contributed by atoms with Crippen molar-refractivity contribution in [3.63, 3.8) is 0 Å². The molecule has 0 radical (unpaired) electrons. The summed E-state index contributed by atoms with van der Waals surface area (Å²) in [6.45, 7) is 11.6. The first-order chi connectivity index (χ1) is 10.5. The van der Waals surface area contributed by atoms with Crippen LogP contribution in [0.5, 0.6) is 0 Å². The van der Waals surface area contributed by atoms with E-state index in [0.29, 0.717) is 5.02 Å². The minimum atomic E-state index is -1.07. The summed E-state index contributed by atoms with van der Waals surface area (Å²) in [6.07, 6.45) is -1.07. The molecular formula is C16H23BClNO4. The smallest absolute Gasteiger partial charge is 0.465 e. The van der Waals surface area contributed by atoms with Gasteiger partial charge in [0.05, 0.1) is 17.2 Å². The van der Waals surface area contributed by atoms with Crippen molar-refractivity contribution < 1.29 is 19.2 Å². The van der Waals surface area contributed by atoms with E-state index in [1.54, 1.807) is 6.92 Å². The van der Waals surface area contributed by atoms with Gasteiger partial charge in [0.2, 0.25) is 0 Å². The second kappa shape index (κ2) is 6.00. The molecule has 126 valence electrons. The van der Waals surface area contributed by atoms with Gasteiger partial charge in [0.1, 0.15) is 0 Å². The molecule has 0 spiro atoms. The van der Waals surface area contributed by atoms with Crippen LogP contribution in [0.2, 0.25) is 5.02 Å². The third-order valence-electron chi connectivity index (χ3n) is 4.77. The van der Waals surface area contributed by atoms with E-state index >= 15 is 0 Å². The average molecular weight is 340 g/mol. The molecule has 23 heavy (non-hydrogen) atoms. The Labute approximate surface area is 142 Å². The third kappa shape index (κ3) is 3.34. The molecule has 2 N–H and O–H groups in total. The van der Waals surface area contributed by atoms with Crippen molar-refractivity contribution in [2.75, 3.05) is 0 Å². The number of rotatable bonds is 3. The summed E-state index contributed by atoms with van der Waals surface area (Å²) in [5.41, 5.74) is 1.53. The van der Waals surface area contributed by atoms with Gasteiger partial charge in [0, 0.05) is 10.5 Å². The minimum absolute atomic E-state index is 0.350. The number of hydrogen-bond acceptors (Lipinski definition) is 3. The maximum absolute atomic E-state index is 10.8. The zero-order valence-corrected chi connectivity index (χ0v) is 15.1. The van der Waals surface area contributed by atoms with Gasteiger partial charge in [-0.15, -0.1) is 0 Å². The van der Waals surface area contributed by atoms with Gasteiger partial charge in [0.25, 0.3) is 0 Å². The molecule has 5 nitrogen and oxygen atoms in total. The van der Waals surface area contributed by atoms with Crippen molar-refractivity contribution in [2.24, 2.45) is 0 Å². The zero-order chi connectivity index (χ0) is 17.6. The van der Waals surface area contributed by atoms with Crippen LogP contribution < -0.4 is 10.8 Å². The van der Waals surface area contributed by atoms with Gasteiger partial charge in [-0.1, -0.05) is 23.7 Å². The van der Waals surface area contributed by atoms with Gasteiger partial charge >= 0.3 is 13.2 Å². The molecule has 1 heterocycles. The SMILES string of the molecule is Cc1c([C@@H](C)NC(=O)O)ccc(B2OC(C)(C)C(C)(C)O2)c1Cl. The van der Waals surface area contributed by atoms with Gasteiger partial charge < -0.3 is 19.7 Å². The number of carbonyl (C=O) groups is 1. The summed E-state index contributed by atoms with van der Waals surface area (Å²) < 4.78 is 12.1. The Hall–Kier alpha value is -1.24. The fourth-order valence-corrected chi connectivity index (χ4v) is 2.87. The number of benzene rings is 1. The van der Waals surface area contributed by atoms with Gasteiger partial charge in [-0.3, -0.25) is 0 Å². The lowest BCUT2D eigenvalue weighted by molar-refractivity contribution is 0.00578. The monoisotopic (exact) mass is 339 g/mol. The molecule has 1 fully saturated rings. The molecule has 7 heteroatoms. The summed E-state index contributed by atoms with van der Waals surface area (Å²) in [6, 6.07) is 3.35. The van der Waals surface area contributed by atoms with E-state index in [-0.39, 0.29) is 6.04 Å². The highest BCUT2D eigenvalue weighted by Gasteiger charge is 2.52. The summed E-state index contributed by atoms with van der Waals surface area (Å²) in [5, 5.41) is 11.8. The second-order valence-electron chi connectivity index (χ2n) is 6.94. The standard InChI is InChI=1S/C16H23BClNO4/c1-9-11(10(2)19-14(20)21)7-8-12(13(9)18)17-22-15(3,4)16(5,6)23-17/h7-8,10,19H,1-6H3,(H,20,21)/t10-/m1/s1. The largest absolute Gasteiger partial charge is 0.496 e. The fourth-order valence-electron chi connectivity index (χ4n) is 2.61. The molecular weight excluding hydrogens is 316 g/mol. The van der Waals surface area contributed by atoms with E-state index in [2.05, 4.69) is 5.32 Å². The normalized spacial score (nSPS) is 20.4. The quantitative estimate of drug-likeness (QED) is 0.829. The van der Waals surface area contributed by atoms with Crippen LogP contribution in [0.1, 0.15) is 51.8 Å². The highest BCUT2D eigenvalue weighted by Crippen LogP contribution is 2.37. The molecule has 0 aromatic heterocycles. The van der Waals surface area contributed by atoms with Crippen LogP contribution in [-0.2, 0) is 9.31 Å². The summed E-state index contributed by atoms with van der Waals surface area (Å²) >= 11 is 6.51. The number of halogens is 1.